The first-order chi connectivity index (χ1) is 8.15. The fraction of sp³-hybridized carbons (Fsp3) is 0.182. The molecule has 17 heavy (non-hydrogen) atoms. The molecule has 1 aromatic heterocycles. The summed E-state index contributed by atoms with van der Waals surface area (Å²) in [6.07, 6.45) is 1.76. The molecule has 4 nitrogen and oxygen atoms in total. The van der Waals surface area contributed by atoms with E-state index in [0.29, 0.717) is 29.2 Å². The molecule has 0 atom stereocenters. The molecule has 0 spiro atoms. The first-order valence-electron chi connectivity index (χ1n) is 5.02. The van der Waals surface area contributed by atoms with Crippen LogP contribution in [0.5, 0.6) is 5.75 Å². The SMILES string of the molecule is Nc1ccn(CCOc2ccc(Br)c(F)c2)n1. The van der Waals surface area contributed by atoms with E-state index in [0.717, 1.165) is 0 Å². The van der Waals surface area contributed by atoms with Crippen LogP contribution in [0.15, 0.2) is 34.9 Å². The summed E-state index contributed by atoms with van der Waals surface area (Å²) in [5, 5.41) is 4.01. The fourth-order valence-corrected chi connectivity index (χ4v) is 1.57. The standard InChI is InChI=1S/C11H11BrFN3O/c12-9-2-1-8(7-10(9)13)17-6-5-16-4-3-11(14)15-16/h1-4,7H,5-6H2,(H2,14,15). The highest BCUT2D eigenvalue weighted by Crippen LogP contribution is 2.20. The van der Waals surface area contributed by atoms with Crippen LogP contribution in [0.25, 0.3) is 0 Å². The molecular formula is C11H11BrFN3O. The Labute approximate surface area is 106 Å². The van der Waals surface area contributed by atoms with Crippen molar-refractivity contribution in [2.24, 2.45) is 0 Å². The second-order valence-corrected chi connectivity index (χ2v) is 4.28. The molecule has 0 fully saturated rings. The average molecular weight is 300 g/mol. The number of aromatic nitrogens is 2. The Hall–Kier alpha value is -1.56. The summed E-state index contributed by atoms with van der Waals surface area (Å²) in [6.45, 7) is 0.969. The van der Waals surface area contributed by atoms with Gasteiger partial charge in [0.25, 0.3) is 0 Å². The van der Waals surface area contributed by atoms with Crippen LogP contribution in [0.1, 0.15) is 0 Å². The van der Waals surface area contributed by atoms with Crippen LogP contribution in [-0.4, -0.2) is 16.4 Å². The fourth-order valence-electron chi connectivity index (χ4n) is 1.33. The quantitative estimate of drug-likeness (QED) is 0.943. The zero-order valence-electron chi connectivity index (χ0n) is 8.94. The van der Waals surface area contributed by atoms with E-state index in [2.05, 4.69) is 21.0 Å². The molecule has 0 saturated heterocycles. The number of hydrogen-bond donors (Lipinski definition) is 1. The highest BCUT2D eigenvalue weighted by molar-refractivity contribution is 9.10. The molecule has 0 bridgehead atoms. The zero-order valence-corrected chi connectivity index (χ0v) is 10.5. The lowest BCUT2D eigenvalue weighted by atomic mass is 10.3. The highest BCUT2D eigenvalue weighted by Gasteiger charge is 2.01. The van der Waals surface area contributed by atoms with Gasteiger partial charge in [0, 0.05) is 12.3 Å². The number of nitrogens with two attached hydrogens (primary N) is 1. The molecule has 0 aliphatic carbocycles. The summed E-state index contributed by atoms with van der Waals surface area (Å²) in [7, 11) is 0. The number of halogens is 2. The monoisotopic (exact) mass is 299 g/mol. The van der Waals surface area contributed by atoms with Crippen molar-refractivity contribution in [2.75, 3.05) is 12.3 Å². The van der Waals surface area contributed by atoms with Gasteiger partial charge in [-0.3, -0.25) is 4.68 Å². The first kappa shape index (κ1) is 11.9. The van der Waals surface area contributed by atoms with E-state index in [1.165, 1.54) is 6.07 Å². The van der Waals surface area contributed by atoms with Gasteiger partial charge in [-0.15, -0.1) is 0 Å². The molecule has 2 N–H and O–H groups in total. The summed E-state index contributed by atoms with van der Waals surface area (Å²) in [5.41, 5.74) is 5.47. The Morgan fingerprint density at radius 1 is 1.41 bits per heavy atom. The third-order valence-corrected chi connectivity index (χ3v) is 2.78. The maximum atomic E-state index is 13.2. The lowest BCUT2D eigenvalue weighted by molar-refractivity contribution is 0.290. The molecule has 6 heteroatoms. The summed E-state index contributed by atoms with van der Waals surface area (Å²) in [4.78, 5) is 0. The summed E-state index contributed by atoms with van der Waals surface area (Å²) in [5.74, 6) is 0.622. The molecule has 0 radical (unpaired) electrons. The number of nitrogen functional groups attached to an aromatic ring is 1. The molecule has 90 valence electrons. The molecule has 0 aliphatic rings. The lowest BCUT2D eigenvalue weighted by Gasteiger charge is -2.06. The Morgan fingerprint density at radius 2 is 2.24 bits per heavy atom. The van der Waals surface area contributed by atoms with Crippen LogP contribution in [0.4, 0.5) is 10.2 Å². The van der Waals surface area contributed by atoms with Gasteiger partial charge < -0.3 is 10.5 Å². The van der Waals surface area contributed by atoms with Gasteiger partial charge in [-0.1, -0.05) is 0 Å². The second-order valence-electron chi connectivity index (χ2n) is 3.43. The van der Waals surface area contributed by atoms with Gasteiger partial charge in [-0.2, -0.15) is 5.10 Å². The minimum Gasteiger partial charge on any atom is -0.492 e. The van der Waals surface area contributed by atoms with Crippen LogP contribution in [0.2, 0.25) is 0 Å². The van der Waals surface area contributed by atoms with Gasteiger partial charge in [0.15, 0.2) is 0 Å². The Kier molecular flexibility index (Phi) is 3.63. The van der Waals surface area contributed by atoms with E-state index < -0.39 is 0 Å². The van der Waals surface area contributed by atoms with E-state index in [9.17, 15) is 4.39 Å². The van der Waals surface area contributed by atoms with E-state index in [1.807, 2.05) is 0 Å². The molecule has 2 rings (SSSR count). The first-order valence-corrected chi connectivity index (χ1v) is 5.81. The van der Waals surface area contributed by atoms with E-state index in [-0.39, 0.29) is 5.82 Å². The van der Waals surface area contributed by atoms with Gasteiger partial charge in [0.2, 0.25) is 0 Å². The van der Waals surface area contributed by atoms with Crippen molar-refractivity contribution in [3.05, 3.63) is 40.8 Å². The molecule has 0 saturated carbocycles. The number of hydrogen-bond acceptors (Lipinski definition) is 3. The van der Waals surface area contributed by atoms with Gasteiger partial charge in [-0.25, -0.2) is 4.39 Å². The van der Waals surface area contributed by atoms with Crippen LogP contribution in [-0.2, 0) is 6.54 Å². The topological polar surface area (TPSA) is 53.1 Å². The molecule has 0 aliphatic heterocycles. The minimum absolute atomic E-state index is 0.342. The van der Waals surface area contributed by atoms with Crippen LogP contribution >= 0.6 is 15.9 Å². The number of benzene rings is 1. The molecule has 1 heterocycles. The van der Waals surface area contributed by atoms with Crippen molar-refractivity contribution in [2.45, 2.75) is 6.54 Å². The van der Waals surface area contributed by atoms with E-state index >= 15 is 0 Å². The molecule has 1 aromatic carbocycles. The Bertz CT molecular complexity index is 515. The van der Waals surface area contributed by atoms with E-state index in [1.54, 1.807) is 29.1 Å². The van der Waals surface area contributed by atoms with Crippen LogP contribution in [0.3, 0.4) is 0 Å². The largest absolute Gasteiger partial charge is 0.492 e. The maximum Gasteiger partial charge on any atom is 0.145 e. The van der Waals surface area contributed by atoms with Crippen molar-refractivity contribution >= 4 is 21.7 Å². The van der Waals surface area contributed by atoms with Gasteiger partial charge >= 0.3 is 0 Å². The summed E-state index contributed by atoms with van der Waals surface area (Å²) in [6, 6.07) is 6.35. The molecule has 0 unspecified atom stereocenters. The molecular weight excluding hydrogens is 289 g/mol. The van der Waals surface area contributed by atoms with Crippen molar-refractivity contribution in [1.29, 1.82) is 0 Å². The highest BCUT2D eigenvalue weighted by atomic mass is 79.9. The number of rotatable bonds is 4. The van der Waals surface area contributed by atoms with Crippen molar-refractivity contribution in [1.82, 2.24) is 9.78 Å². The van der Waals surface area contributed by atoms with Crippen LogP contribution in [0, 0.1) is 5.82 Å². The van der Waals surface area contributed by atoms with Gasteiger partial charge in [-0.05, 0) is 34.1 Å². The molecule has 2 aromatic rings. The van der Waals surface area contributed by atoms with Crippen molar-refractivity contribution in [3.8, 4) is 5.75 Å². The number of anilines is 1. The average Bonchev–Trinajstić information content (AvgIpc) is 2.70. The lowest BCUT2D eigenvalue weighted by Crippen LogP contribution is -2.09. The van der Waals surface area contributed by atoms with Gasteiger partial charge in [0.05, 0.1) is 11.0 Å². The summed E-state index contributed by atoms with van der Waals surface area (Å²) >= 11 is 3.08. The molecule has 0 amide bonds. The van der Waals surface area contributed by atoms with Crippen molar-refractivity contribution in [3.63, 3.8) is 0 Å². The predicted octanol–water partition coefficient (Wildman–Crippen LogP) is 2.45. The normalized spacial score (nSPS) is 10.5. The second kappa shape index (κ2) is 5.18. The third kappa shape index (κ3) is 3.20. The predicted molar refractivity (Wildman–Crippen MR) is 66.2 cm³/mol. The zero-order chi connectivity index (χ0) is 12.3. The smallest absolute Gasteiger partial charge is 0.145 e. The minimum atomic E-state index is -0.342. The van der Waals surface area contributed by atoms with E-state index in [4.69, 9.17) is 10.5 Å². The summed E-state index contributed by atoms with van der Waals surface area (Å²) < 4.78 is 20.7. The number of nitrogens with zero attached hydrogens (tertiary/aromatic N) is 2. The van der Waals surface area contributed by atoms with Gasteiger partial charge in [0.1, 0.15) is 24.0 Å². The third-order valence-electron chi connectivity index (χ3n) is 2.14. The van der Waals surface area contributed by atoms with Crippen LogP contribution < -0.4 is 10.5 Å². The van der Waals surface area contributed by atoms with Crippen molar-refractivity contribution < 1.29 is 9.13 Å². The Balaban J connectivity index is 1.87. The maximum absolute atomic E-state index is 13.2. The Morgan fingerprint density at radius 3 is 2.88 bits per heavy atom. The number of ether oxygens (including phenoxy) is 1.